The second kappa shape index (κ2) is 5.03. The molecule has 9 heteroatoms. The Morgan fingerprint density at radius 2 is 2.11 bits per heavy atom. The minimum atomic E-state index is -3.86. The van der Waals surface area contributed by atoms with Crippen molar-refractivity contribution in [2.75, 3.05) is 10.5 Å². The van der Waals surface area contributed by atoms with Crippen LogP contribution < -0.4 is 10.5 Å². The fraction of sp³-hybridized carbons (Fsp3) is 0.100. The molecule has 1 aromatic heterocycles. The van der Waals surface area contributed by atoms with Crippen molar-refractivity contribution in [2.45, 2.75) is 11.8 Å². The van der Waals surface area contributed by atoms with Crippen LogP contribution in [0.2, 0.25) is 5.02 Å². The number of rotatable bonds is 3. The van der Waals surface area contributed by atoms with Crippen molar-refractivity contribution < 1.29 is 12.9 Å². The molecule has 0 atom stereocenters. The molecule has 0 saturated carbocycles. The molecule has 0 saturated heterocycles. The smallest absolute Gasteiger partial charge is 0.264 e. The summed E-state index contributed by atoms with van der Waals surface area (Å²) in [5.41, 5.74) is 5.88. The van der Waals surface area contributed by atoms with Gasteiger partial charge in [0.1, 0.15) is 10.7 Å². The number of nitrogens with two attached hydrogens (primary N) is 1. The molecule has 3 N–H and O–H groups in total. The summed E-state index contributed by atoms with van der Waals surface area (Å²) < 4.78 is 31.7. The third-order valence-electron chi connectivity index (χ3n) is 2.19. The number of benzene rings is 1. The molecule has 0 aliphatic heterocycles. The van der Waals surface area contributed by atoms with E-state index in [9.17, 15) is 8.42 Å². The van der Waals surface area contributed by atoms with Gasteiger partial charge in [0.15, 0.2) is 5.82 Å². The molecule has 0 aliphatic rings. The number of nitrogen functional groups attached to an aromatic ring is 1. The van der Waals surface area contributed by atoms with Crippen molar-refractivity contribution >= 4 is 49.1 Å². The maximum atomic E-state index is 12.2. The lowest BCUT2D eigenvalue weighted by Gasteiger charge is -2.09. The highest BCUT2D eigenvalue weighted by Crippen LogP contribution is 2.32. The zero-order chi connectivity index (χ0) is 14.2. The van der Waals surface area contributed by atoms with Gasteiger partial charge >= 0.3 is 0 Å². The van der Waals surface area contributed by atoms with Crippen LogP contribution in [0.3, 0.4) is 0 Å². The van der Waals surface area contributed by atoms with Crippen LogP contribution in [-0.2, 0) is 10.0 Å². The molecule has 0 aliphatic carbocycles. The molecule has 0 spiro atoms. The second-order valence-electron chi connectivity index (χ2n) is 3.74. The second-order valence-corrected chi connectivity index (χ2v) is 6.62. The van der Waals surface area contributed by atoms with Gasteiger partial charge in [-0.05, 0) is 35.0 Å². The van der Waals surface area contributed by atoms with Crippen LogP contribution >= 0.6 is 27.5 Å². The Morgan fingerprint density at radius 1 is 1.42 bits per heavy atom. The predicted molar refractivity (Wildman–Crippen MR) is 75.6 cm³/mol. The average molecular weight is 367 g/mol. The number of aryl methyl sites for hydroxylation is 1. The van der Waals surface area contributed by atoms with E-state index >= 15 is 0 Å². The van der Waals surface area contributed by atoms with Gasteiger partial charge in [0.05, 0.1) is 4.47 Å². The average Bonchev–Trinajstić information content (AvgIpc) is 2.68. The van der Waals surface area contributed by atoms with Crippen molar-refractivity contribution in [3.63, 3.8) is 0 Å². The van der Waals surface area contributed by atoms with E-state index in [-0.39, 0.29) is 25.9 Å². The third-order valence-corrected chi connectivity index (χ3v) is 4.93. The van der Waals surface area contributed by atoms with E-state index in [0.29, 0.717) is 5.76 Å². The Labute approximate surface area is 123 Å². The van der Waals surface area contributed by atoms with Crippen molar-refractivity contribution in [1.82, 2.24) is 5.16 Å². The fourth-order valence-electron chi connectivity index (χ4n) is 1.39. The fourth-order valence-corrected chi connectivity index (χ4v) is 3.66. The maximum Gasteiger partial charge on any atom is 0.264 e. The Hall–Kier alpha value is -1.25. The number of anilines is 2. The normalized spacial score (nSPS) is 11.5. The van der Waals surface area contributed by atoms with E-state index in [4.69, 9.17) is 21.9 Å². The molecule has 0 bridgehead atoms. The van der Waals surface area contributed by atoms with E-state index in [1.54, 1.807) is 6.92 Å². The van der Waals surface area contributed by atoms with Crippen LogP contribution in [0.5, 0.6) is 0 Å². The topological polar surface area (TPSA) is 98.2 Å². The maximum absolute atomic E-state index is 12.2. The van der Waals surface area contributed by atoms with Crippen LogP contribution in [-0.4, -0.2) is 13.6 Å². The molecule has 0 radical (unpaired) electrons. The highest BCUT2D eigenvalue weighted by Gasteiger charge is 2.21. The van der Waals surface area contributed by atoms with Gasteiger partial charge in [0.25, 0.3) is 10.0 Å². The monoisotopic (exact) mass is 365 g/mol. The number of sulfonamides is 1. The van der Waals surface area contributed by atoms with Gasteiger partial charge in [-0.3, -0.25) is 4.72 Å². The summed E-state index contributed by atoms with van der Waals surface area (Å²) in [6.07, 6.45) is 0. The first-order chi connectivity index (χ1) is 8.79. The van der Waals surface area contributed by atoms with E-state index in [0.717, 1.165) is 0 Å². The van der Waals surface area contributed by atoms with E-state index in [1.807, 2.05) is 0 Å². The zero-order valence-electron chi connectivity index (χ0n) is 9.65. The largest absolute Gasteiger partial charge is 0.398 e. The predicted octanol–water partition coefficient (Wildman–Crippen LogP) is 2.78. The van der Waals surface area contributed by atoms with Crippen LogP contribution in [0.1, 0.15) is 5.76 Å². The molecule has 0 fully saturated rings. The Morgan fingerprint density at radius 3 is 2.68 bits per heavy atom. The van der Waals surface area contributed by atoms with Gasteiger partial charge < -0.3 is 10.3 Å². The molecule has 2 rings (SSSR count). The van der Waals surface area contributed by atoms with Crippen LogP contribution in [0.25, 0.3) is 0 Å². The minimum Gasteiger partial charge on any atom is -0.398 e. The van der Waals surface area contributed by atoms with Gasteiger partial charge in [0, 0.05) is 16.8 Å². The number of hydrogen-bond donors (Lipinski definition) is 2. The zero-order valence-corrected chi connectivity index (χ0v) is 12.8. The van der Waals surface area contributed by atoms with Crippen LogP contribution in [0.4, 0.5) is 11.5 Å². The van der Waals surface area contributed by atoms with E-state index < -0.39 is 10.0 Å². The van der Waals surface area contributed by atoms with Crippen molar-refractivity contribution in [3.8, 4) is 0 Å². The minimum absolute atomic E-state index is 0.0712. The first kappa shape index (κ1) is 14.2. The molecule has 2 aromatic rings. The first-order valence-electron chi connectivity index (χ1n) is 5.00. The Balaban J connectivity index is 2.45. The highest BCUT2D eigenvalue weighted by atomic mass is 79.9. The van der Waals surface area contributed by atoms with Crippen molar-refractivity contribution in [2.24, 2.45) is 0 Å². The summed E-state index contributed by atoms with van der Waals surface area (Å²) in [7, 11) is -3.86. The lowest BCUT2D eigenvalue weighted by molar-refractivity contribution is 0.400. The Kier molecular flexibility index (Phi) is 3.75. The number of nitrogens with zero attached hydrogens (tertiary/aromatic N) is 1. The van der Waals surface area contributed by atoms with Gasteiger partial charge in [0.2, 0.25) is 0 Å². The third kappa shape index (κ3) is 3.02. The van der Waals surface area contributed by atoms with Crippen LogP contribution in [0, 0.1) is 6.92 Å². The molecule has 0 unspecified atom stereocenters. The van der Waals surface area contributed by atoms with E-state index in [1.165, 1.54) is 18.2 Å². The molecule has 6 nitrogen and oxygen atoms in total. The highest BCUT2D eigenvalue weighted by molar-refractivity contribution is 9.10. The van der Waals surface area contributed by atoms with E-state index in [2.05, 4.69) is 25.8 Å². The number of hydrogen-bond acceptors (Lipinski definition) is 5. The van der Waals surface area contributed by atoms with Crippen molar-refractivity contribution in [1.29, 1.82) is 0 Å². The first-order valence-corrected chi connectivity index (χ1v) is 7.65. The lowest BCUT2D eigenvalue weighted by atomic mass is 10.3. The standard InChI is InChI=1S/C10H9BrClN3O3S/c1-5-2-9(14-18-5)15-19(16,17)8-4-6(12)3-7(13)10(8)11/h2-4H,13H2,1H3,(H,14,15). The summed E-state index contributed by atoms with van der Waals surface area (Å²) in [6, 6.07) is 4.20. The summed E-state index contributed by atoms with van der Waals surface area (Å²) in [6.45, 7) is 1.65. The number of halogens is 2. The number of aromatic nitrogens is 1. The molecule has 102 valence electrons. The quantitative estimate of drug-likeness (QED) is 0.814. The number of nitrogens with one attached hydrogen (secondary N) is 1. The molecule has 1 aromatic carbocycles. The molecule has 19 heavy (non-hydrogen) atoms. The molecule has 0 amide bonds. The summed E-state index contributed by atoms with van der Waals surface area (Å²) >= 11 is 8.93. The van der Waals surface area contributed by atoms with Gasteiger partial charge in [-0.2, -0.15) is 0 Å². The lowest BCUT2D eigenvalue weighted by Crippen LogP contribution is -2.14. The Bertz CT molecular complexity index is 730. The van der Waals surface area contributed by atoms with Gasteiger partial charge in [-0.1, -0.05) is 16.8 Å². The van der Waals surface area contributed by atoms with Gasteiger partial charge in [-0.25, -0.2) is 8.42 Å². The summed E-state index contributed by atoms with van der Waals surface area (Å²) in [5, 5.41) is 3.78. The molecular weight excluding hydrogens is 358 g/mol. The summed E-state index contributed by atoms with van der Waals surface area (Å²) in [4.78, 5) is -0.0712. The SMILES string of the molecule is Cc1cc(NS(=O)(=O)c2cc(Cl)cc(N)c2Br)no1. The molecular formula is C10H9BrClN3O3S. The van der Waals surface area contributed by atoms with Crippen LogP contribution in [0.15, 0.2) is 32.1 Å². The van der Waals surface area contributed by atoms with Crippen molar-refractivity contribution in [3.05, 3.63) is 33.5 Å². The molecule has 1 heterocycles. The van der Waals surface area contributed by atoms with Gasteiger partial charge in [-0.15, -0.1) is 0 Å². The summed E-state index contributed by atoms with van der Waals surface area (Å²) in [5.74, 6) is 0.574.